The average molecular weight is 326 g/mol. The molecule has 23 heavy (non-hydrogen) atoms. The molecule has 1 rings (SSSR count). The summed E-state index contributed by atoms with van der Waals surface area (Å²) in [6.45, 7) is 5.46. The Hall–Kier alpha value is -1.99. The Bertz CT molecular complexity index is 450. The van der Waals surface area contributed by atoms with Crippen LogP contribution in [0.2, 0.25) is 0 Å². The summed E-state index contributed by atoms with van der Waals surface area (Å²) in [5.41, 5.74) is 0. The minimum absolute atomic E-state index is 0.225. The maximum Gasteiger partial charge on any atom is 0.406 e. The van der Waals surface area contributed by atoms with Crippen LogP contribution in [0.4, 0.5) is 4.79 Å². The summed E-state index contributed by atoms with van der Waals surface area (Å²) in [4.78, 5) is 10.8. The van der Waals surface area contributed by atoms with E-state index in [1.165, 1.54) is 7.11 Å². The summed E-state index contributed by atoms with van der Waals surface area (Å²) in [7, 11) is 1.31. The molecule has 0 spiro atoms. The molecule has 0 aliphatic carbocycles. The van der Waals surface area contributed by atoms with Crippen LogP contribution in [0.5, 0.6) is 11.5 Å². The molecule has 0 saturated carbocycles. The summed E-state index contributed by atoms with van der Waals surface area (Å²) >= 11 is 0. The van der Waals surface area contributed by atoms with Gasteiger partial charge in [0.25, 0.3) is 0 Å². The molecule has 1 unspecified atom stereocenters. The SMILES string of the molecule is COC(=O)NCCOc1ccc(OCC(O)CNC(C)C)cc1. The normalized spacial score (nSPS) is 11.9. The third-order valence-electron chi connectivity index (χ3n) is 2.85. The highest BCUT2D eigenvalue weighted by atomic mass is 16.5. The van der Waals surface area contributed by atoms with Crippen molar-refractivity contribution in [1.82, 2.24) is 10.6 Å². The molecule has 0 fully saturated rings. The Balaban J connectivity index is 2.23. The lowest BCUT2D eigenvalue weighted by Crippen LogP contribution is -2.35. The van der Waals surface area contributed by atoms with Crippen molar-refractivity contribution >= 4 is 6.09 Å². The van der Waals surface area contributed by atoms with Crippen LogP contribution in [0.25, 0.3) is 0 Å². The maximum atomic E-state index is 10.8. The number of hydrogen-bond acceptors (Lipinski definition) is 6. The van der Waals surface area contributed by atoms with Gasteiger partial charge in [-0.05, 0) is 24.3 Å². The highest BCUT2D eigenvalue weighted by Gasteiger charge is 2.06. The molecule has 130 valence electrons. The molecule has 3 N–H and O–H groups in total. The van der Waals surface area contributed by atoms with Crippen LogP contribution in [0.1, 0.15) is 13.8 Å². The highest BCUT2D eigenvalue weighted by molar-refractivity contribution is 5.66. The second-order valence-corrected chi connectivity index (χ2v) is 5.27. The van der Waals surface area contributed by atoms with Crippen LogP contribution in [0, 0.1) is 0 Å². The molecule has 0 aromatic heterocycles. The number of ether oxygens (including phenoxy) is 3. The lowest BCUT2D eigenvalue weighted by molar-refractivity contribution is 0.104. The van der Waals surface area contributed by atoms with Crippen LogP contribution < -0.4 is 20.1 Å². The van der Waals surface area contributed by atoms with Gasteiger partial charge in [-0.1, -0.05) is 13.8 Å². The van der Waals surface area contributed by atoms with Gasteiger partial charge in [0.2, 0.25) is 0 Å². The Labute approximate surface area is 136 Å². The van der Waals surface area contributed by atoms with E-state index < -0.39 is 12.2 Å². The van der Waals surface area contributed by atoms with Gasteiger partial charge in [0, 0.05) is 12.6 Å². The van der Waals surface area contributed by atoms with E-state index in [0.717, 1.165) is 0 Å². The maximum absolute atomic E-state index is 10.8. The zero-order valence-corrected chi connectivity index (χ0v) is 13.9. The number of nitrogens with one attached hydrogen (secondary N) is 2. The Morgan fingerprint density at radius 1 is 1.17 bits per heavy atom. The van der Waals surface area contributed by atoms with Gasteiger partial charge in [0.05, 0.1) is 13.7 Å². The molecule has 0 bridgehead atoms. The van der Waals surface area contributed by atoms with Gasteiger partial charge in [-0.25, -0.2) is 4.79 Å². The largest absolute Gasteiger partial charge is 0.492 e. The molecule has 0 aliphatic rings. The van der Waals surface area contributed by atoms with Crippen molar-refractivity contribution in [2.45, 2.75) is 26.0 Å². The number of benzene rings is 1. The van der Waals surface area contributed by atoms with Gasteiger partial charge in [0.15, 0.2) is 0 Å². The highest BCUT2D eigenvalue weighted by Crippen LogP contribution is 2.17. The summed E-state index contributed by atoms with van der Waals surface area (Å²) < 4.78 is 15.4. The van der Waals surface area contributed by atoms with Gasteiger partial charge < -0.3 is 30.0 Å². The van der Waals surface area contributed by atoms with E-state index in [0.29, 0.717) is 37.2 Å². The molecule has 1 amide bonds. The standard InChI is InChI=1S/C16H26N2O5/c1-12(2)18-10-13(19)11-23-15-6-4-14(5-7-15)22-9-8-17-16(20)21-3/h4-7,12-13,18-19H,8-11H2,1-3H3,(H,17,20). The predicted octanol–water partition coefficient (Wildman–Crippen LogP) is 1.16. The van der Waals surface area contributed by atoms with Crippen molar-refractivity contribution in [2.24, 2.45) is 0 Å². The summed E-state index contributed by atoms with van der Waals surface area (Å²) in [6, 6.07) is 7.41. The molecule has 0 heterocycles. The van der Waals surface area contributed by atoms with Crippen molar-refractivity contribution in [2.75, 3.05) is 33.4 Å². The lowest BCUT2D eigenvalue weighted by Gasteiger charge is -2.15. The summed E-state index contributed by atoms with van der Waals surface area (Å²) in [6.07, 6.45) is -1.04. The first kappa shape index (κ1) is 19.1. The molecular formula is C16H26N2O5. The van der Waals surface area contributed by atoms with Crippen LogP contribution in [0.15, 0.2) is 24.3 Å². The van der Waals surface area contributed by atoms with Crippen LogP contribution in [0.3, 0.4) is 0 Å². The van der Waals surface area contributed by atoms with E-state index in [-0.39, 0.29) is 6.61 Å². The third kappa shape index (κ3) is 8.90. The molecule has 1 atom stereocenters. The monoisotopic (exact) mass is 326 g/mol. The van der Waals surface area contributed by atoms with Crippen LogP contribution >= 0.6 is 0 Å². The van der Waals surface area contributed by atoms with Gasteiger partial charge in [-0.2, -0.15) is 0 Å². The average Bonchev–Trinajstić information content (AvgIpc) is 2.55. The molecule has 7 heteroatoms. The minimum atomic E-state index is -0.558. The summed E-state index contributed by atoms with van der Waals surface area (Å²) in [5, 5.41) is 15.4. The van der Waals surface area contributed by atoms with Crippen molar-refractivity contribution < 1.29 is 24.1 Å². The van der Waals surface area contributed by atoms with Gasteiger partial charge >= 0.3 is 6.09 Å². The number of amides is 1. The molecule has 7 nitrogen and oxygen atoms in total. The third-order valence-corrected chi connectivity index (χ3v) is 2.85. The number of aliphatic hydroxyl groups is 1. The molecule has 0 aliphatic heterocycles. The fourth-order valence-corrected chi connectivity index (χ4v) is 1.65. The van der Waals surface area contributed by atoms with Gasteiger partial charge in [0.1, 0.15) is 30.8 Å². The van der Waals surface area contributed by atoms with E-state index in [4.69, 9.17) is 9.47 Å². The topological polar surface area (TPSA) is 89.1 Å². The van der Waals surface area contributed by atoms with E-state index in [2.05, 4.69) is 15.4 Å². The fraction of sp³-hybridized carbons (Fsp3) is 0.562. The second-order valence-electron chi connectivity index (χ2n) is 5.27. The predicted molar refractivity (Wildman–Crippen MR) is 87.0 cm³/mol. The van der Waals surface area contributed by atoms with Crippen molar-refractivity contribution in [1.29, 1.82) is 0 Å². The first-order valence-corrected chi connectivity index (χ1v) is 7.60. The molecule has 1 aromatic carbocycles. The zero-order chi connectivity index (χ0) is 17.1. The van der Waals surface area contributed by atoms with Crippen molar-refractivity contribution in [3.63, 3.8) is 0 Å². The number of methoxy groups -OCH3 is 1. The number of carbonyl (C=O) groups is 1. The van der Waals surface area contributed by atoms with Crippen LogP contribution in [-0.2, 0) is 4.74 Å². The number of carbonyl (C=O) groups excluding carboxylic acids is 1. The minimum Gasteiger partial charge on any atom is -0.492 e. The second kappa shape index (κ2) is 10.7. The van der Waals surface area contributed by atoms with E-state index in [9.17, 15) is 9.90 Å². The first-order valence-electron chi connectivity index (χ1n) is 7.60. The van der Waals surface area contributed by atoms with E-state index in [1.54, 1.807) is 24.3 Å². The Morgan fingerprint density at radius 3 is 2.35 bits per heavy atom. The van der Waals surface area contributed by atoms with Gasteiger partial charge in [-0.15, -0.1) is 0 Å². The number of hydrogen-bond donors (Lipinski definition) is 3. The Morgan fingerprint density at radius 2 is 1.78 bits per heavy atom. The number of aliphatic hydroxyl groups excluding tert-OH is 1. The quantitative estimate of drug-likeness (QED) is 0.559. The van der Waals surface area contributed by atoms with E-state index in [1.807, 2.05) is 13.8 Å². The van der Waals surface area contributed by atoms with Gasteiger partial charge in [-0.3, -0.25) is 0 Å². The smallest absolute Gasteiger partial charge is 0.406 e. The Kier molecular flexibility index (Phi) is 8.86. The summed E-state index contributed by atoms with van der Waals surface area (Å²) in [5.74, 6) is 1.33. The van der Waals surface area contributed by atoms with Crippen molar-refractivity contribution in [3.8, 4) is 11.5 Å². The van der Waals surface area contributed by atoms with Crippen molar-refractivity contribution in [3.05, 3.63) is 24.3 Å². The number of alkyl carbamates (subject to hydrolysis) is 1. The fourth-order valence-electron chi connectivity index (χ4n) is 1.65. The van der Waals surface area contributed by atoms with Crippen LogP contribution in [-0.4, -0.2) is 56.8 Å². The first-order chi connectivity index (χ1) is 11.0. The molecule has 1 aromatic rings. The van der Waals surface area contributed by atoms with E-state index >= 15 is 0 Å². The molecular weight excluding hydrogens is 300 g/mol. The molecule has 0 radical (unpaired) electrons. The molecule has 0 saturated heterocycles. The zero-order valence-electron chi connectivity index (χ0n) is 13.9. The lowest BCUT2D eigenvalue weighted by atomic mass is 10.3. The number of rotatable bonds is 10.